The number of hydrogen-bond donors (Lipinski definition) is 2. The number of nitrogens with one attached hydrogen (secondary N) is 2. The number of imidazole rings is 1. The summed E-state index contributed by atoms with van der Waals surface area (Å²) in [7, 11) is 0. The van der Waals surface area contributed by atoms with Crippen molar-refractivity contribution in [2.75, 3.05) is 0 Å². The minimum atomic E-state index is -0.462. The van der Waals surface area contributed by atoms with E-state index in [0.29, 0.717) is 11.7 Å². The molecular formula is C23H28N4O3. The third-order valence-corrected chi connectivity index (χ3v) is 5.87. The zero-order chi connectivity index (χ0) is 21.1. The lowest BCUT2D eigenvalue weighted by Crippen LogP contribution is -2.41. The maximum atomic E-state index is 12.4. The van der Waals surface area contributed by atoms with E-state index in [1.54, 1.807) is 18.3 Å². The van der Waals surface area contributed by atoms with Crippen LogP contribution in [0.2, 0.25) is 0 Å². The number of hydrogen-bond acceptors (Lipinski definition) is 4. The van der Waals surface area contributed by atoms with Crippen LogP contribution < -0.4 is 5.69 Å². The lowest BCUT2D eigenvalue weighted by molar-refractivity contribution is 0.0665. The summed E-state index contributed by atoms with van der Waals surface area (Å²) in [5.41, 5.74) is 1.85. The molecule has 0 radical (unpaired) electrons. The van der Waals surface area contributed by atoms with Gasteiger partial charge < -0.3 is 9.72 Å². The van der Waals surface area contributed by atoms with E-state index in [9.17, 15) is 9.59 Å². The molecule has 1 aliphatic heterocycles. The van der Waals surface area contributed by atoms with Gasteiger partial charge in [0.25, 0.3) is 0 Å². The third-order valence-electron chi connectivity index (χ3n) is 5.87. The monoisotopic (exact) mass is 408 g/mol. The fraction of sp³-hybridized carbons (Fsp3) is 0.435. The summed E-state index contributed by atoms with van der Waals surface area (Å²) in [6.07, 6.45) is 7.43. The number of cyclic esters (lactones) is 1. The van der Waals surface area contributed by atoms with E-state index in [4.69, 9.17) is 4.74 Å². The number of benzene rings is 1. The van der Waals surface area contributed by atoms with Crippen LogP contribution in [0.1, 0.15) is 57.6 Å². The van der Waals surface area contributed by atoms with Crippen molar-refractivity contribution in [3.63, 3.8) is 0 Å². The molecule has 3 aromatic rings. The summed E-state index contributed by atoms with van der Waals surface area (Å²) in [5, 5.41) is 0. The standard InChI is InChI=1S/C17H23NO2.C6H5N3O/c1-17(2)15(13-9-5-3-6-10-13)18(16(19)20-17)14-11-7-4-8-12-14;10-6-8-4-2-1-3-7-5(4)9-6/h3,5-6,9-10,14-15H,4,7-8,11-12H2,1-2H3;1-3H,(H2,7,8,9,10). The van der Waals surface area contributed by atoms with E-state index in [-0.39, 0.29) is 17.8 Å². The van der Waals surface area contributed by atoms with Crippen LogP contribution >= 0.6 is 0 Å². The molecule has 1 aliphatic carbocycles. The minimum Gasteiger partial charge on any atom is -0.441 e. The number of H-pyrrole nitrogens is 2. The van der Waals surface area contributed by atoms with Crippen molar-refractivity contribution in [2.45, 2.75) is 63.6 Å². The summed E-state index contributed by atoms with van der Waals surface area (Å²) in [5.74, 6) is 0. The molecule has 1 aromatic carbocycles. The number of ether oxygens (including phenoxy) is 1. The molecule has 0 bridgehead atoms. The number of aromatic amines is 2. The van der Waals surface area contributed by atoms with Crippen LogP contribution in [0, 0.1) is 0 Å². The Morgan fingerprint density at radius 1 is 1.00 bits per heavy atom. The number of carbonyl (C=O) groups is 1. The van der Waals surface area contributed by atoms with Crippen molar-refractivity contribution in [3.8, 4) is 0 Å². The molecule has 158 valence electrons. The smallest absolute Gasteiger partial charge is 0.411 e. The molecule has 3 heterocycles. The topological polar surface area (TPSA) is 91.1 Å². The van der Waals surface area contributed by atoms with Crippen LogP contribution in [-0.2, 0) is 4.74 Å². The Hall–Kier alpha value is -3.09. The predicted molar refractivity (Wildman–Crippen MR) is 115 cm³/mol. The van der Waals surface area contributed by atoms with Gasteiger partial charge in [-0.05, 0) is 44.4 Å². The van der Waals surface area contributed by atoms with Crippen LogP contribution in [0.5, 0.6) is 0 Å². The number of nitrogens with zero attached hydrogens (tertiary/aromatic N) is 2. The fourth-order valence-corrected chi connectivity index (χ4v) is 4.56. The third kappa shape index (κ3) is 4.10. The van der Waals surface area contributed by atoms with Crippen molar-refractivity contribution in [2.24, 2.45) is 0 Å². The highest BCUT2D eigenvalue weighted by Crippen LogP contribution is 2.44. The summed E-state index contributed by atoms with van der Waals surface area (Å²) in [6, 6.07) is 14.2. The Bertz CT molecular complexity index is 1010. The van der Waals surface area contributed by atoms with E-state index >= 15 is 0 Å². The SMILES string of the molecule is CC1(C)OC(=O)N(C2CCCCC2)C1c1ccccc1.O=c1[nH]c2cccnc2[nH]1. The Labute approximate surface area is 175 Å². The molecule has 2 fully saturated rings. The van der Waals surface area contributed by atoms with Crippen molar-refractivity contribution in [3.05, 3.63) is 64.7 Å². The van der Waals surface area contributed by atoms with Crippen molar-refractivity contribution < 1.29 is 9.53 Å². The number of pyridine rings is 1. The van der Waals surface area contributed by atoms with Gasteiger partial charge in [-0.25, -0.2) is 14.6 Å². The Morgan fingerprint density at radius 2 is 1.73 bits per heavy atom. The van der Waals surface area contributed by atoms with Gasteiger partial charge in [-0.1, -0.05) is 49.6 Å². The first kappa shape index (κ1) is 20.2. The molecule has 7 heteroatoms. The number of carbonyl (C=O) groups excluding carboxylic acids is 1. The molecule has 0 spiro atoms. The van der Waals surface area contributed by atoms with Gasteiger partial charge in [-0.3, -0.25) is 9.88 Å². The molecule has 1 unspecified atom stereocenters. The van der Waals surface area contributed by atoms with E-state index < -0.39 is 5.60 Å². The number of fused-ring (bicyclic) bond motifs is 1. The van der Waals surface area contributed by atoms with E-state index in [0.717, 1.165) is 18.4 Å². The number of amides is 1. The van der Waals surface area contributed by atoms with E-state index in [1.165, 1.54) is 24.8 Å². The molecule has 2 aromatic heterocycles. The van der Waals surface area contributed by atoms with Crippen molar-refractivity contribution in [1.82, 2.24) is 19.9 Å². The second-order valence-corrected chi connectivity index (χ2v) is 8.46. The maximum Gasteiger partial charge on any atom is 0.411 e. The van der Waals surface area contributed by atoms with Gasteiger partial charge in [0.2, 0.25) is 0 Å². The molecule has 2 aliphatic rings. The molecular weight excluding hydrogens is 380 g/mol. The highest BCUT2D eigenvalue weighted by atomic mass is 16.6. The second kappa shape index (κ2) is 8.34. The minimum absolute atomic E-state index is 0.0271. The largest absolute Gasteiger partial charge is 0.441 e. The Balaban J connectivity index is 0.000000181. The lowest BCUT2D eigenvalue weighted by atomic mass is 9.87. The van der Waals surface area contributed by atoms with Crippen molar-refractivity contribution >= 4 is 17.3 Å². The summed E-state index contributed by atoms with van der Waals surface area (Å²) in [4.78, 5) is 34.1. The molecule has 1 saturated carbocycles. The van der Waals surface area contributed by atoms with Crippen LogP contribution in [0.4, 0.5) is 4.79 Å². The summed E-state index contributed by atoms with van der Waals surface area (Å²) >= 11 is 0. The first-order valence-corrected chi connectivity index (χ1v) is 10.5. The molecule has 2 N–H and O–H groups in total. The van der Waals surface area contributed by atoms with Crippen LogP contribution in [-0.4, -0.2) is 37.6 Å². The van der Waals surface area contributed by atoms with E-state index in [2.05, 4.69) is 27.1 Å². The van der Waals surface area contributed by atoms with Crippen LogP contribution in [0.3, 0.4) is 0 Å². The molecule has 1 amide bonds. The van der Waals surface area contributed by atoms with Crippen LogP contribution in [0.15, 0.2) is 53.5 Å². The summed E-state index contributed by atoms with van der Waals surface area (Å²) in [6.45, 7) is 4.04. The molecule has 1 atom stereocenters. The van der Waals surface area contributed by atoms with Gasteiger partial charge in [0.15, 0.2) is 5.65 Å². The van der Waals surface area contributed by atoms with Crippen LogP contribution in [0.25, 0.3) is 11.2 Å². The highest BCUT2D eigenvalue weighted by molar-refractivity contribution is 5.72. The zero-order valence-corrected chi connectivity index (χ0v) is 17.4. The first-order valence-electron chi connectivity index (χ1n) is 10.5. The van der Waals surface area contributed by atoms with Gasteiger partial charge in [-0.15, -0.1) is 0 Å². The number of rotatable bonds is 2. The van der Waals surface area contributed by atoms with Gasteiger partial charge in [-0.2, -0.15) is 0 Å². The van der Waals surface area contributed by atoms with E-state index in [1.807, 2.05) is 36.9 Å². The first-order chi connectivity index (χ1) is 14.5. The fourth-order valence-electron chi connectivity index (χ4n) is 4.56. The van der Waals surface area contributed by atoms with Gasteiger partial charge in [0.1, 0.15) is 5.60 Å². The lowest BCUT2D eigenvalue weighted by Gasteiger charge is -2.36. The maximum absolute atomic E-state index is 12.4. The average molecular weight is 409 g/mol. The molecule has 1 saturated heterocycles. The van der Waals surface area contributed by atoms with Gasteiger partial charge >= 0.3 is 11.8 Å². The highest BCUT2D eigenvalue weighted by Gasteiger charge is 2.50. The van der Waals surface area contributed by atoms with Gasteiger partial charge in [0.05, 0.1) is 11.6 Å². The molecule has 5 rings (SSSR count). The quantitative estimate of drug-likeness (QED) is 0.651. The van der Waals surface area contributed by atoms with Gasteiger partial charge in [0, 0.05) is 12.2 Å². The summed E-state index contributed by atoms with van der Waals surface area (Å²) < 4.78 is 5.67. The zero-order valence-electron chi connectivity index (χ0n) is 17.4. The second-order valence-electron chi connectivity index (χ2n) is 8.46. The normalized spacial score (nSPS) is 21.2. The average Bonchev–Trinajstić information content (AvgIpc) is 3.24. The Morgan fingerprint density at radius 3 is 2.43 bits per heavy atom. The van der Waals surface area contributed by atoms with Crippen molar-refractivity contribution in [1.29, 1.82) is 0 Å². The predicted octanol–water partition coefficient (Wildman–Crippen LogP) is 4.54. The number of aromatic nitrogens is 3. The molecule has 7 nitrogen and oxygen atoms in total. The Kier molecular flexibility index (Phi) is 5.61. The molecule has 30 heavy (non-hydrogen) atoms.